The minimum absolute atomic E-state index is 0.341. The summed E-state index contributed by atoms with van der Waals surface area (Å²) in [7, 11) is 18.6. The zero-order valence-corrected chi connectivity index (χ0v) is 49.3. The van der Waals surface area contributed by atoms with Gasteiger partial charge in [0.25, 0.3) is 0 Å². The quantitative estimate of drug-likeness (QED) is 0.126. The van der Waals surface area contributed by atoms with E-state index in [1.54, 1.807) is 0 Å². The molecule has 0 spiro atoms. The van der Waals surface area contributed by atoms with Crippen LogP contribution in [-0.4, -0.2) is 9.52 Å². The SMILES string of the molecule is [Cl][Hf]([Cl])([c]1cccc2c1[SiH2]c1ccccc1-2)([CH]1C(c2ccccc2)=Cc2c(-c3ccccc3-c3cccc4ccccc34)cccc21)[CH]1C(c2ccccc2)=Cc2c(-c3ccccc3-c3cccc4ccccc34)cccc21. The minimum atomic E-state index is -6.35. The van der Waals surface area contributed by atoms with Crippen LogP contribution in [-0.2, 0) is 16.1 Å². The third-order valence-electron chi connectivity index (χ3n) is 17.4. The molecule has 0 bridgehead atoms. The van der Waals surface area contributed by atoms with Crippen LogP contribution in [0.3, 0.4) is 0 Å². The number of allylic oxidation sites excluding steroid dienone is 2. The normalized spacial score (nSPS) is 16.0. The summed E-state index contributed by atoms with van der Waals surface area (Å²) in [5.74, 6) is 0. The number of benzene rings is 12. The molecule has 0 N–H and O–H groups in total. The van der Waals surface area contributed by atoms with Gasteiger partial charge in [-0.05, 0) is 0 Å². The van der Waals surface area contributed by atoms with Crippen LogP contribution >= 0.6 is 17.2 Å². The van der Waals surface area contributed by atoms with Crippen molar-refractivity contribution >= 4 is 85.2 Å². The first kappa shape index (κ1) is 47.5. The van der Waals surface area contributed by atoms with Gasteiger partial charge in [-0.25, -0.2) is 0 Å². The molecule has 0 aromatic heterocycles. The Balaban J connectivity index is 1.03. The third-order valence-corrected chi connectivity index (χ3v) is 48.7. The molecule has 2 atom stereocenters. The molecule has 15 rings (SSSR count). The van der Waals surface area contributed by atoms with Gasteiger partial charge < -0.3 is 0 Å². The molecule has 4 heteroatoms. The first-order valence-corrected chi connectivity index (χ1v) is 43.4. The molecular formula is C74H51Cl2HfSi. The van der Waals surface area contributed by atoms with Gasteiger partial charge in [0.2, 0.25) is 0 Å². The van der Waals surface area contributed by atoms with Crippen LogP contribution in [0.4, 0.5) is 0 Å². The van der Waals surface area contributed by atoms with Crippen molar-refractivity contribution in [1.29, 1.82) is 0 Å². The summed E-state index contributed by atoms with van der Waals surface area (Å²) in [6, 6.07) is 101. The Kier molecular flexibility index (Phi) is 11.4. The molecule has 78 heavy (non-hydrogen) atoms. The predicted molar refractivity (Wildman–Crippen MR) is 335 cm³/mol. The second-order valence-electron chi connectivity index (χ2n) is 21.4. The van der Waals surface area contributed by atoms with Crippen LogP contribution in [0, 0.1) is 0 Å². The van der Waals surface area contributed by atoms with E-state index in [-0.39, 0.29) is 7.35 Å². The number of halogens is 2. The van der Waals surface area contributed by atoms with E-state index in [4.69, 9.17) is 0 Å². The van der Waals surface area contributed by atoms with Crippen LogP contribution < -0.4 is 13.7 Å². The van der Waals surface area contributed by atoms with Crippen molar-refractivity contribution in [2.24, 2.45) is 0 Å². The van der Waals surface area contributed by atoms with Gasteiger partial charge in [0.15, 0.2) is 0 Å². The number of hydrogen-bond acceptors (Lipinski definition) is 0. The molecule has 1 heterocycles. The monoisotopic (exact) mass is 1220 g/mol. The van der Waals surface area contributed by atoms with Gasteiger partial charge >= 0.3 is 471 Å². The average Bonchev–Trinajstić information content (AvgIpc) is 4.37. The molecule has 0 saturated carbocycles. The molecule has 0 fully saturated rings. The fourth-order valence-electron chi connectivity index (χ4n) is 14.1. The van der Waals surface area contributed by atoms with Crippen molar-refractivity contribution in [3.8, 4) is 55.6 Å². The van der Waals surface area contributed by atoms with Crippen LogP contribution in [0.5, 0.6) is 0 Å². The predicted octanol–water partition coefficient (Wildman–Crippen LogP) is 18.0. The van der Waals surface area contributed by atoms with Crippen LogP contribution in [0.2, 0.25) is 0 Å². The van der Waals surface area contributed by atoms with Gasteiger partial charge in [0.05, 0.1) is 0 Å². The Labute approximate surface area is 466 Å². The molecule has 0 nitrogen and oxygen atoms in total. The van der Waals surface area contributed by atoms with E-state index in [2.05, 4.69) is 285 Å². The standard InChI is InChI=1S/2C31H21.C12H9Si.2ClH.Hf/c2*1-2-10-22(11-3-1)25-20-24-14-9-19-30(31(24)21-25)29-17-7-6-16-28(29)27-18-8-13-23-12-4-5-15-26(23)27;1-3-7-11-9(5-1)10-6-2-4-8-12(10)13-11;;;/h2*1-21H;1-7H,13H2;2*1H;/q;;;;;+2/p-2. The van der Waals surface area contributed by atoms with E-state index in [9.17, 15) is 17.2 Å². The molecule has 1 aliphatic heterocycles. The summed E-state index contributed by atoms with van der Waals surface area (Å²) >= 11 is -6.35. The van der Waals surface area contributed by atoms with E-state index < -0.39 is 25.7 Å². The van der Waals surface area contributed by atoms with Crippen molar-refractivity contribution in [2.45, 2.75) is 7.35 Å². The molecule has 369 valence electrons. The second-order valence-corrected chi connectivity index (χ2v) is 52.5. The number of fused-ring (bicyclic) bond motifs is 7. The maximum atomic E-state index is 9.81. The summed E-state index contributed by atoms with van der Waals surface area (Å²) in [6.07, 6.45) is 4.97. The van der Waals surface area contributed by atoms with E-state index in [1.807, 2.05) is 0 Å². The van der Waals surface area contributed by atoms with Gasteiger partial charge in [-0.3, -0.25) is 0 Å². The molecule has 3 aliphatic rings. The summed E-state index contributed by atoms with van der Waals surface area (Å²) < 4.78 is 0.524. The molecule has 12 aromatic carbocycles. The van der Waals surface area contributed by atoms with Crippen LogP contribution in [0.25, 0.3) is 100 Å². The zero-order valence-electron chi connectivity index (χ0n) is 42.8. The van der Waals surface area contributed by atoms with Gasteiger partial charge in [-0.2, -0.15) is 0 Å². The van der Waals surface area contributed by atoms with Crippen molar-refractivity contribution in [3.05, 3.63) is 306 Å². The van der Waals surface area contributed by atoms with Gasteiger partial charge in [0.1, 0.15) is 0 Å². The summed E-state index contributed by atoms with van der Waals surface area (Å²) in [5.41, 5.74) is 21.6. The molecule has 12 aromatic rings. The summed E-state index contributed by atoms with van der Waals surface area (Å²) in [4.78, 5) is 0. The first-order valence-electron chi connectivity index (χ1n) is 27.2. The van der Waals surface area contributed by atoms with E-state index in [0.717, 1.165) is 11.1 Å². The van der Waals surface area contributed by atoms with E-state index in [1.165, 1.54) is 124 Å². The molecule has 2 unspecified atom stereocenters. The van der Waals surface area contributed by atoms with Crippen molar-refractivity contribution in [2.75, 3.05) is 0 Å². The van der Waals surface area contributed by atoms with Crippen molar-refractivity contribution in [3.63, 3.8) is 0 Å². The van der Waals surface area contributed by atoms with Gasteiger partial charge in [-0.15, -0.1) is 0 Å². The van der Waals surface area contributed by atoms with Crippen LogP contribution in [0.1, 0.15) is 40.7 Å². The van der Waals surface area contributed by atoms with Crippen LogP contribution in [0.15, 0.2) is 273 Å². The maximum absolute atomic E-state index is 9.81. The van der Waals surface area contributed by atoms with Gasteiger partial charge in [0, 0.05) is 0 Å². The Morgan fingerprint density at radius 1 is 0.295 bits per heavy atom. The van der Waals surface area contributed by atoms with Gasteiger partial charge in [-0.1, -0.05) is 0 Å². The topological polar surface area (TPSA) is 0 Å². The Hall–Kier alpha value is -7.69. The second kappa shape index (κ2) is 18.8. The number of rotatable bonds is 9. The number of hydrogen-bond donors (Lipinski definition) is 0. The van der Waals surface area contributed by atoms with E-state index in [0.29, 0.717) is 0 Å². The molecule has 0 radical (unpaired) electrons. The molecule has 2 aliphatic carbocycles. The average molecular weight is 1220 g/mol. The van der Waals surface area contributed by atoms with E-state index >= 15 is 0 Å². The summed E-state index contributed by atoms with van der Waals surface area (Å²) in [6.45, 7) is 0. The fraction of sp³-hybridized carbons (Fsp3) is 0.0270. The Bertz CT molecular complexity index is 4230. The third kappa shape index (κ3) is 7.34. The Morgan fingerprint density at radius 2 is 0.654 bits per heavy atom. The molecule has 0 saturated heterocycles. The van der Waals surface area contributed by atoms with Crippen molar-refractivity contribution < 1.29 is 16.1 Å². The summed E-state index contributed by atoms with van der Waals surface area (Å²) in [5, 5.41) is 7.76. The fourth-order valence-corrected chi connectivity index (χ4v) is 51.8. The molecular weight excluding hydrogens is 1170 g/mol. The Morgan fingerprint density at radius 3 is 1.17 bits per heavy atom. The van der Waals surface area contributed by atoms with Crippen molar-refractivity contribution in [1.82, 2.24) is 0 Å². The molecule has 0 amide bonds. The zero-order chi connectivity index (χ0) is 52.0. The first-order chi connectivity index (χ1) is 38.4.